The molecule has 0 spiro atoms. The van der Waals surface area contributed by atoms with Gasteiger partial charge in [0.2, 0.25) is 29.5 Å². The minimum atomic E-state index is -1.98. The van der Waals surface area contributed by atoms with Crippen molar-refractivity contribution in [3.8, 4) is 16.2 Å². The highest BCUT2D eigenvalue weighted by Crippen LogP contribution is 2.41. The van der Waals surface area contributed by atoms with Crippen LogP contribution in [0.2, 0.25) is 0 Å². The molecule has 4 heterocycles. The number of para-hydroxylation sites is 1. The number of nitrogens with one attached hydrogen (secondary N) is 3. The van der Waals surface area contributed by atoms with Gasteiger partial charge in [0.05, 0.1) is 53.2 Å². The number of halogens is 1. The summed E-state index contributed by atoms with van der Waals surface area (Å²) in [6.07, 6.45) is 3.86. The lowest BCUT2D eigenvalue weighted by Crippen LogP contribution is -2.59. The van der Waals surface area contributed by atoms with E-state index < -0.39 is 71.1 Å². The number of benzene rings is 3. The van der Waals surface area contributed by atoms with Crippen LogP contribution >= 0.6 is 11.3 Å². The summed E-state index contributed by atoms with van der Waals surface area (Å²) in [6.45, 7) is 9.77. The number of aliphatic hydroxyl groups excluding tert-OH is 1. The lowest BCUT2D eigenvalue weighted by Gasteiger charge is -2.35. The van der Waals surface area contributed by atoms with Crippen LogP contribution in [0.25, 0.3) is 10.4 Å². The molecule has 6 N–H and O–H groups in total. The molecule has 74 heavy (non-hydrogen) atoms. The van der Waals surface area contributed by atoms with Crippen molar-refractivity contribution in [3.63, 3.8) is 0 Å². The molecule has 0 radical (unpaired) electrons. The van der Waals surface area contributed by atoms with Gasteiger partial charge in [-0.3, -0.25) is 33.7 Å². The minimum absolute atomic E-state index is 0.0150. The van der Waals surface area contributed by atoms with E-state index in [9.17, 15) is 38.3 Å². The number of anilines is 1. The number of thiazole rings is 1. The fraction of sp³-hybridized carbons (Fsp3) is 0.518. The second-order valence-corrected chi connectivity index (χ2v) is 22.3. The number of aliphatic hydroxyl groups is 1. The molecular formula is C56H70FN7O9S. The smallest absolute Gasteiger partial charge is 0.258 e. The maximum atomic E-state index is 14.7. The molecule has 0 unspecified atom stereocenters. The summed E-state index contributed by atoms with van der Waals surface area (Å²) in [5, 5.41) is 19.3. The topological polar surface area (TPSA) is 223 Å². The predicted molar refractivity (Wildman–Crippen MR) is 279 cm³/mol. The molecule has 3 aliphatic heterocycles. The number of hydrogen-bond donors (Lipinski definition) is 5. The van der Waals surface area contributed by atoms with Gasteiger partial charge in [-0.1, -0.05) is 75.4 Å². The van der Waals surface area contributed by atoms with E-state index in [4.69, 9.17) is 15.2 Å². The number of aromatic nitrogens is 1. The first-order valence-electron chi connectivity index (χ1n) is 25.9. The molecule has 0 bridgehead atoms. The van der Waals surface area contributed by atoms with Crippen molar-refractivity contribution in [2.75, 3.05) is 18.1 Å². The summed E-state index contributed by atoms with van der Waals surface area (Å²) in [6, 6.07) is 16.6. The molecule has 3 aromatic carbocycles. The van der Waals surface area contributed by atoms with E-state index in [1.165, 1.54) is 16.2 Å². The Balaban J connectivity index is 0.834. The van der Waals surface area contributed by atoms with Gasteiger partial charge < -0.3 is 41.2 Å². The number of hydrogen-bond acceptors (Lipinski definition) is 11. The zero-order valence-corrected chi connectivity index (χ0v) is 43.9. The van der Waals surface area contributed by atoms with Gasteiger partial charge in [-0.05, 0) is 105 Å². The molecule has 6 atom stereocenters. The molecule has 1 aliphatic carbocycles. The van der Waals surface area contributed by atoms with Crippen LogP contribution in [-0.4, -0.2) is 106 Å². The van der Waals surface area contributed by atoms with Gasteiger partial charge >= 0.3 is 0 Å². The van der Waals surface area contributed by atoms with Gasteiger partial charge in [0, 0.05) is 44.3 Å². The maximum absolute atomic E-state index is 14.7. The van der Waals surface area contributed by atoms with Gasteiger partial charge in [0.1, 0.15) is 23.9 Å². The number of rotatable bonds is 22. The van der Waals surface area contributed by atoms with Gasteiger partial charge in [-0.15, -0.1) is 11.3 Å². The van der Waals surface area contributed by atoms with Gasteiger partial charge in [0.25, 0.3) is 5.91 Å². The third-order valence-corrected chi connectivity index (χ3v) is 15.7. The first-order valence-corrected chi connectivity index (χ1v) is 26.8. The Morgan fingerprint density at radius 1 is 0.973 bits per heavy atom. The lowest BCUT2D eigenvalue weighted by molar-refractivity contribution is -0.145. The van der Waals surface area contributed by atoms with E-state index >= 15 is 0 Å². The molecule has 1 aromatic heterocycles. The van der Waals surface area contributed by atoms with Crippen LogP contribution in [0, 0.1) is 12.3 Å². The number of carbonyl (C=O) groups excluding carboxylic acids is 6. The standard InChI is InChI=1S/C56H70FN7O9S/c1-33-49(74-32-60-33)39-19-20-40(29-59-51(68)43-28-41(65)30-63(43)53(70)50(55(3,4)5)62-54(71)56(57)23-24-56)45(27-39)72-25-7-6-10-35-15-17-36(18-16-35)31-73-34(2)42(21-22-46(58)66)61-52(69)44-26-38-13-8-11-37-12-9-14-47(67)64(44)48(37)38/h8,11,13,15-20,27,32,34,41-44,50,65H,6-7,9-10,12,14,21-26,28-31H2,1-5H3,(H2,58,66)(H,59,68)(H,61,69)(H,62,71)/t34-,41-,42+,43+,44+,50-/m1/s1. The molecular weight excluding hydrogens is 966 g/mol. The Labute approximate surface area is 436 Å². The van der Waals surface area contributed by atoms with Crippen molar-refractivity contribution in [2.24, 2.45) is 11.1 Å². The summed E-state index contributed by atoms with van der Waals surface area (Å²) >= 11 is 1.52. The molecule has 4 aliphatic rings. The van der Waals surface area contributed by atoms with Crippen molar-refractivity contribution in [1.29, 1.82) is 0 Å². The van der Waals surface area contributed by atoms with Crippen molar-refractivity contribution in [2.45, 2.75) is 167 Å². The van der Waals surface area contributed by atoms with Crippen molar-refractivity contribution >= 4 is 52.5 Å². The molecule has 396 valence electrons. The highest BCUT2D eigenvalue weighted by atomic mass is 32.1. The summed E-state index contributed by atoms with van der Waals surface area (Å²) < 4.78 is 27.4. The first kappa shape index (κ1) is 54.0. The molecule has 2 fully saturated rings. The molecule has 1 saturated carbocycles. The number of nitrogens with two attached hydrogens (primary N) is 1. The zero-order chi connectivity index (χ0) is 52.9. The highest BCUT2D eigenvalue weighted by molar-refractivity contribution is 7.13. The third-order valence-electron chi connectivity index (χ3n) is 14.7. The zero-order valence-electron chi connectivity index (χ0n) is 43.0. The van der Waals surface area contributed by atoms with Crippen LogP contribution in [-0.2, 0) is 65.9 Å². The van der Waals surface area contributed by atoms with E-state index in [2.05, 4.69) is 33.1 Å². The fourth-order valence-corrected chi connectivity index (χ4v) is 11.0. The Morgan fingerprint density at radius 2 is 1.72 bits per heavy atom. The number of β-amino-alcohol motifs (C(OH)–C–C–N with tert-alkyl or cyclic N) is 1. The lowest BCUT2D eigenvalue weighted by atomic mass is 9.85. The molecule has 6 amide bonds. The minimum Gasteiger partial charge on any atom is -0.493 e. The summed E-state index contributed by atoms with van der Waals surface area (Å²) in [4.78, 5) is 87.9. The highest BCUT2D eigenvalue weighted by Gasteiger charge is 2.53. The molecule has 1 saturated heterocycles. The van der Waals surface area contributed by atoms with Crippen LogP contribution in [0.1, 0.15) is 119 Å². The van der Waals surface area contributed by atoms with E-state index in [-0.39, 0.29) is 57.2 Å². The number of unbranched alkanes of at least 4 members (excludes halogenated alkanes) is 1. The second kappa shape index (κ2) is 23.1. The number of aryl methyl sites for hydroxylation is 3. The fourth-order valence-electron chi connectivity index (χ4n) is 10.2. The van der Waals surface area contributed by atoms with Crippen molar-refractivity contribution in [3.05, 3.63) is 99.7 Å². The Hall–Kier alpha value is -6.24. The average Bonchev–Trinajstić information content (AvgIpc) is 3.62. The summed E-state index contributed by atoms with van der Waals surface area (Å²) in [5.74, 6) is -2.07. The normalized spacial score (nSPS) is 20.0. The van der Waals surface area contributed by atoms with Crippen LogP contribution in [0.4, 0.5) is 10.1 Å². The van der Waals surface area contributed by atoms with Gasteiger partial charge in [-0.2, -0.15) is 0 Å². The Morgan fingerprint density at radius 3 is 2.42 bits per heavy atom. The number of likely N-dealkylation sites (tertiary alicyclic amines) is 1. The monoisotopic (exact) mass is 1040 g/mol. The van der Waals surface area contributed by atoms with Crippen LogP contribution in [0.5, 0.6) is 5.75 Å². The van der Waals surface area contributed by atoms with Crippen molar-refractivity contribution in [1.82, 2.24) is 25.8 Å². The molecule has 8 rings (SSSR count). The first-order chi connectivity index (χ1) is 35.3. The Kier molecular flexibility index (Phi) is 16.9. The van der Waals surface area contributed by atoms with E-state index in [1.807, 2.05) is 62.4 Å². The summed E-state index contributed by atoms with van der Waals surface area (Å²) in [7, 11) is 0. The van der Waals surface area contributed by atoms with Crippen molar-refractivity contribution < 1.29 is 47.7 Å². The SMILES string of the molecule is Cc1ncsc1-c1ccc(CNC(=O)[C@@H]2C[C@@H](O)CN2C(=O)[C@@H](NC(=O)C2(F)CC2)C(C)(C)C)c(OCCCCc2ccc(CO[C@H](C)[C@H](CCC(N)=O)NC(=O)[C@@H]3Cc4cccc5c4N3C(=O)CCC5)cc2)c1. The third kappa shape index (κ3) is 12.8. The average molecular weight is 1040 g/mol. The second-order valence-electron chi connectivity index (χ2n) is 21.5. The number of primary amides is 1. The molecule has 16 nitrogen and oxygen atoms in total. The number of ether oxygens (including phenoxy) is 2. The van der Waals surface area contributed by atoms with Gasteiger partial charge in [0.15, 0.2) is 5.67 Å². The number of amides is 6. The van der Waals surface area contributed by atoms with E-state index in [0.29, 0.717) is 31.6 Å². The molecule has 4 aromatic rings. The largest absolute Gasteiger partial charge is 0.493 e. The van der Waals surface area contributed by atoms with Crippen LogP contribution < -0.4 is 31.3 Å². The number of alkyl halides is 1. The molecule has 18 heteroatoms. The Bertz CT molecular complexity index is 2720. The quantitative estimate of drug-likeness (QED) is 0.0571. The van der Waals surface area contributed by atoms with E-state index in [0.717, 1.165) is 81.7 Å². The predicted octanol–water partition coefficient (Wildman–Crippen LogP) is 6.08. The number of nitrogens with zero attached hydrogens (tertiary/aromatic N) is 3. The van der Waals surface area contributed by atoms with Crippen LogP contribution in [0.15, 0.2) is 66.2 Å². The summed E-state index contributed by atoms with van der Waals surface area (Å²) in [5.41, 5.74) is 12.1. The van der Waals surface area contributed by atoms with Crippen LogP contribution in [0.3, 0.4) is 0 Å². The van der Waals surface area contributed by atoms with E-state index in [1.54, 1.807) is 31.2 Å². The number of carbonyl (C=O) groups is 6. The van der Waals surface area contributed by atoms with Gasteiger partial charge in [-0.25, -0.2) is 9.37 Å². The maximum Gasteiger partial charge on any atom is 0.258 e.